The van der Waals surface area contributed by atoms with Crippen molar-refractivity contribution in [2.45, 2.75) is 31.6 Å². The molecule has 0 bridgehead atoms. The first-order valence-electron chi connectivity index (χ1n) is 9.25. The van der Waals surface area contributed by atoms with Crippen molar-refractivity contribution in [2.75, 3.05) is 27.3 Å². The number of carbonyl (C=O) groups is 1. The number of amides is 1. The number of rotatable bonds is 5. The van der Waals surface area contributed by atoms with Crippen LogP contribution >= 0.6 is 0 Å². The molecule has 0 N–H and O–H groups in total. The summed E-state index contributed by atoms with van der Waals surface area (Å²) in [6, 6.07) is 16.0. The van der Waals surface area contributed by atoms with Crippen LogP contribution in [-0.2, 0) is 11.2 Å². The summed E-state index contributed by atoms with van der Waals surface area (Å²) in [5.41, 5.74) is 2.23. The summed E-state index contributed by atoms with van der Waals surface area (Å²) in [6.45, 7) is 1.61. The van der Waals surface area contributed by atoms with Gasteiger partial charge in [0.2, 0.25) is 5.91 Å². The van der Waals surface area contributed by atoms with Gasteiger partial charge >= 0.3 is 0 Å². The second-order valence-corrected chi connectivity index (χ2v) is 6.79. The van der Waals surface area contributed by atoms with Crippen molar-refractivity contribution in [2.24, 2.45) is 0 Å². The van der Waals surface area contributed by atoms with E-state index >= 15 is 0 Å². The van der Waals surface area contributed by atoms with Gasteiger partial charge in [-0.1, -0.05) is 36.8 Å². The second-order valence-electron chi connectivity index (χ2n) is 6.79. The van der Waals surface area contributed by atoms with Crippen LogP contribution in [0, 0.1) is 0 Å². The summed E-state index contributed by atoms with van der Waals surface area (Å²) in [5.74, 6) is 2.20. The van der Waals surface area contributed by atoms with Crippen molar-refractivity contribution < 1.29 is 14.3 Å². The number of benzene rings is 2. The summed E-state index contributed by atoms with van der Waals surface area (Å²) in [6.07, 6.45) is 3.71. The zero-order valence-corrected chi connectivity index (χ0v) is 15.6. The van der Waals surface area contributed by atoms with Gasteiger partial charge < -0.3 is 14.4 Å². The van der Waals surface area contributed by atoms with Crippen LogP contribution < -0.4 is 9.47 Å². The Kier molecular flexibility index (Phi) is 6.16. The fourth-order valence-electron chi connectivity index (χ4n) is 3.64. The van der Waals surface area contributed by atoms with Crippen LogP contribution in [0.4, 0.5) is 0 Å². The van der Waals surface area contributed by atoms with Crippen LogP contribution in [0.5, 0.6) is 11.5 Å². The lowest BCUT2D eigenvalue weighted by Gasteiger charge is -2.25. The summed E-state index contributed by atoms with van der Waals surface area (Å²) in [7, 11) is 3.33. The molecule has 2 aromatic carbocycles. The molecule has 138 valence electrons. The van der Waals surface area contributed by atoms with E-state index in [4.69, 9.17) is 9.47 Å². The SMILES string of the molecule is COc1ccc(C2CCCCN(C(=O)Cc3ccccc3OC)C2)cc1. The zero-order valence-electron chi connectivity index (χ0n) is 15.6. The Hall–Kier alpha value is -2.49. The number of hydrogen-bond acceptors (Lipinski definition) is 3. The molecule has 4 heteroatoms. The highest BCUT2D eigenvalue weighted by atomic mass is 16.5. The van der Waals surface area contributed by atoms with Gasteiger partial charge in [-0.3, -0.25) is 4.79 Å². The quantitative estimate of drug-likeness (QED) is 0.814. The van der Waals surface area contributed by atoms with Crippen LogP contribution in [-0.4, -0.2) is 38.1 Å². The van der Waals surface area contributed by atoms with Crippen LogP contribution in [0.15, 0.2) is 48.5 Å². The van der Waals surface area contributed by atoms with Gasteiger partial charge in [-0.25, -0.2) is 0 Å². The first-order chi connectivity index (χ1) is 12.7. The third-order valence-electron chi connectivity index (χ3n) is 5.15. The first-order valence-corrected chi connectivity index (χ1v) is 9.25. The molecule has 1 amide bonds. The lowest BCUT2D eigenvalue weighted by atomic mass is 9.94. The van der Waals surface area contributed by atoms with Crippen LogP contribution in [0.1, 0.15) is 36.3 Å². The minimum atomic E-state index is 0.176. The first kappa shape index (κ1) is 18.3. The summed E-state index contributed by atoms with van der Waals surface area (Å²) >= 11 is 0. The Balaban J connectivity index is 1.71. The summed E-state index contributed by atoms with van der Waals surface area (Å²) < 4.78 is 10.6. The molecule has 1 aliphatic rings. The maximum absolute atomic E-state index is 12.9. The minimum Gasteiger partial charge on any atom is -0.497 e. The molecule has 0 spiro atoms. The minimum absolute atomic E-state index is 0.176. The Labute approximate surface area is 155 Å². The Bertz CT molecular complexity index is 726. The fraction of sp³-hybridized carbons (Fsp3) is 0.409. The maximum atomic E-state index is 12.9. The van der Waals surface area contributed by atoms with Crippen molar-refractivity contribution in [3.8, 4) is 11.5 Å². The van der Waals surface area contributed by atoms with Gasteiger partial charge in [-0.2, -0.15) is 0 Å². The van der Waals surface area contributed by atoms with Gasteiger partial charge in [0.1, 0.15) is 11.5 Å². The third-order valence-corrected chi connectivity index (χ3v) is 5.15. The van der Waals surface area contributed by atoms with E-state index < -0.39 is 0 Å². The van der Waals surface area contributed by atoms with E-state index in [-0.39, 0.29) is 5.91 Å². The predicted molar refractivity (Wildman–Crippen MR) is 103 cm³/mol. The van der Waals surface area contributed by atoms with Gasteiger partial charge in [0.15, 0.2) is 0 Å². The van der Waals surface area contributed by atoms with Crippen molar-refractivity contribution in [3.05, 3.63) is 59.7 Å². The highest BCUT2D eigenvalue weighted by Crippen LogP contribution is 2.28. The van der Waals surface area contributed by atoms with Crippen molar-refractivity contribution >= 4 is 5.91 Å². The number of nitrogens with zero attached hydrogens (tertiary/aromatic N) is 1. The largest absolute Gasteiger partial charge is 0.497 e. The molecular formula is C22H27NO3. The molecule has 1 unspecified atom stereocenters. The van der Waals surface area contributed by atoms with Crippen LogP contribution in [0.3, 0.4) is 0 Å². The van der Waals surface area contributed by atoms with E-state index in [1.54, 1.807) is 14.2 Å². The molecule has 3 rings (SSSR count). The van der Waals surface area contributed by atoms with Crippen LogP contribution in [0.2, 0.25) is 0 Å². The van der Waals surface area contributed by atoms with E-state index in [0.29, 0.717) is 12.3 Å². The molecule has 1 aliphatic heterocycles. The molecule has 1 atom stereocenters. The van der Waals surface area contributed by atoms with Gasteiger partial charge in [-0.15, -0.1) is 0 Å². The van der Waals surface area contributed by atoms with E-state index in [2.05, 4.69) is 12.1 Å². The standard InChI is InChI=1S/C22H27NO3/c1-25-20-12-10-17(11-13-20)19-8-5-6-14-23(16-19)22(24)15-18-7-3-4-9-21(18)26-2/h3-4,7,9-13,19H,5-6,8,14-16H2,1-2H3. The lowest BCUT2D eigenvalue weighted by Crippen LogP contribution is -2.35. The molecule has 1 fully saturated rings. The zero-order chi connectivity index (χ0) is 18.4. The summed E-state index contributed by atoms with van der Waals surface area (Å²) in [5, 5.41) is 0. The molecule has 1 saturated heterocycles. The van der Waals surface area contributed by atoms with E-state index in [1.165, 1.54) is 5.56 Å². The number of ether oxygens (including phenoxy) is 2. The number of para-hydroxylation sites is 1. The van der Waals surface area contributed by atoms with Crippen molar-refractivity contribution in [3.63, 3.8) is 0 Å². The van der Waals surface area contributed by atoms with Gasteiger partial charge in [0.05, 0.1) is 20.6 Å². The Morgan fingerprint density at radius 3 is 2.54 bits per heavy atom. The van der Waals surface area contributed by atoms with Crippen molar-refractivity contribution in [1.29, 1.82) is 0 Å². The second kappa shape index (κ2) is 8.75. The molecule has 1 heterocycles. The van der Waals surface area contributed by atoms with Crippen LogP contribution in [0.25, 0.3) is 0 Å². The average molecular weight is 353 g/mol. The Morgan fingerprint density at radius 2 is 1.81 bits per heavy atom. The summed E-state index contributed by atoms with van der Waals surface area (Å²) in [4.78, 5) is 14.9. The molecule has 0 aliphatic carbocycles. The highest BCUT2D eigenvalue weighted by Gasteiger charge is 2.24. The fourth-order valence-corrected chi connectivity index (χ4v) is 3.64. The monoisotopic (exact) mass is 353 g/mol. The third kappa shape index (κ3) is 4.37. The maximum Gasteiger partial charge on any atom is 0.227 e. The van der Waals surface area contributed by atoms with Gasteiger partial charge in [0, 0.05) is 24.6 Å². The highest BCUT2D eigenvalue weighted by molar-refractivity contribution is 5.79. The topological polar surface area (TPSA) is 38.8 Å². The van der Waals surface area contributed by atoms with Gasteiger partial charge in [-0.05, 0) is 36.6 Å². The number of hydrogen-bond donors (Lipinski definition) is 0. The molecule has 4 nitrogen and oxygen atoms in total. The molecular weight excluding hydrogens is 326 g/mol. The smallest absolute Gasteiger partial charge is 0.227 e. The molecule has 26 heavy (non-hydrogen) atoms. The number of methoxy groups -OCH3 is 2. The van der Waals surface area contributed by atoms with E-state index in [0.717, 1.165) is 49.4 Å². The molecule has 2 aromatic rings. The normalized spacial score (nSPS) is 17.5. The van der Waals surface area contributed by atoms with E-state index in [1.807, 2.05) is 41.3 Å². The molecule has 0 aromatic heterocycles. The predicted octanol–water partition coefficient (Wildman–Crippen LogP) is 4.04. The molecule has 0 saturated carbocycles. The molecule has 0 radical (unpaired) electrons. The van der Waals surface area contributed by atoms with Crippen molar-refractivity contribution in [1.82, 2.24) is 4.90 Å². The Morgan fingerprint density at radius 1 is 1.04 bits per heavy atom. The number of carbonyl (C=O) groups excluding carboxylic acids is 1. The number of likely N-dealkylation sites (tertiary alicyclic amines) is 1. The lowest BCUT2D eigenvalue weighted by molar-refractivity contribution is -0.130. The van der Waals surface area contributed by atoms with Gasteiger partial charge in [0.25, 0.3) is 0 Å². The van der Waals surface area contributed by atoms with E-state index in [9.17, 15) is 4.79 Å². The average Bonchev–Trinajstić information content (AvgIpc) is 2.95.